The van der Waals surface area contributed by atoms with Crippen LogP contribution in [0.1, 0.15) is 169 Å². The summed E-state index contributed by atoms with van der Waals surface area (Å²) in [4.78, 5) is 186. The molecule has 1 aliphatic heterocycles. The molecule has 30 heteroatoms. The van der Waals surface area contributed by atoms with Crippen molar-refractivity contribution in [2.24, 2.45) is 35.1 Å². The van der Waals surface area contributed by atoms with Gasteiger partial charge in [0.2, 0.25) is 59.1 Å². The third-order valence-electron chi connectivity index (χ3n) is 15.5. The Morgan fingerprint density at radius 3 is 1.29 bits per heavy atom. The molecule has 0 unspecified atom stereocenters. The van der Waals surface area contributed by atoms with Crippen molar-refractivity contribution in [3.05, 3.63) is 0 Å². The Kier molecular flexibility index (Phi) is 31.3. The Morgan fingerprint density at radius 1 is 0.453 bits per heavy atom. The van der Waals surface area contributed by atoms with Gasteiger partial charge in [0, 0.05) is 25.1 Å². The number of carbonyl (C=O) groups excluding carboxylic acids is 10. The summed E-state index contributed by atoms with van der Waals surface area (Å²) < 4.78 is 0. The van der Waals surface area contributed by atoms with E-state index in [1.807, 2.05) is 0 Å². The average molecular weight is 1240 g/mol. The van der Waals surface area contributed by atoms with E-state index in [2.05, 4.69) is 55.2 Å². The first-order valence-corrected chi connectivity index (χ1v) is 30.4. The number of nitrogens with zero attached hydrogens (tertiary/aromatic N) is 1. The maximum Gasteiger partial charge on any atom is 0.305 e. The van der Waals surface area contributed by atoms with Crippen LogP contribution in [0.15, 0.2) is 0 Å². The third kappa shape index (κ3) is 25.8. The Balaban J connectivity index is 1.90. The molecular weight excluding hydrogens is 1150 g/mol. The van der Waals surface area contributed by atoms with E-state index in [4.69, 9.17) is 16.6 Å². The molecule has 2 saturated carbocycles. The summed E-state index contributed by atoms with van der Waals surface area (Å²) in [5, 5.41) is 58.0. The molecule has 3 rings (SSSR count). The first-order valence-electron chi connectivity index (χ1n) is 29.8. The van der Waals surface area contributed by atoms with Gasteiger partial charge in [0.1, 0.15) is 54.4 Å². The molecule has 0 radical (unpaired) electrons. The van der Waals surface area contributed by atoms with Crippen LogP contribution in [0.3, 0.4) is 0 Å². The lowest BCUT2D eigenvalue weighted by atomic mass is 9.84. The normalized spacial score (nSPS) is 18.7. The molecule has 484 valence electrons. The topological polar surface area (TPSA) is 471 Å². The fourth-order valence-electron chi connectivity index (χ4n) is 11.0. The molecule has 10 amide bonds. The fourth-order valence-corrected chi connectivity index (χ4v) is 11.3. The van der Waals surface area contributed by atoms with Crippen molar-refractivity contribution in [1.82, 2.24) is 47.4 Å². The summed E-state index contributed by atoms with van der Waals surface area (Å²) in [5.74, 6) is -15.6. The maximum absolute atomic E-state index is 14.5. The van der Waals surface area contributed by atoms with Crippen LogP contribution in [-0.2, 0) is 67.1 Å². The Labute approximate surface area is 505 Å². The van der Waals surface area contributed by atoms with Gasteiger partial charge in [0.25, 0.3) is 0 Å². The van der Waals surface area contributed by atoms with E-state index in [1.54, 1.807) is 27.7 Å². The number of aliphatic carboxylic acids is 4. The number of nitrogens with one attached hydrogen (secondary N) is 8. The summed E-state index contributed by atoms with van der Waals surface area (Å²) in [6.07, 6.45) is 4.69. The molecule has 0 bridgehead atoms. The quantitative estimate of drug-likeness (QED) is 0.0342. The second-order valence-electron chi connectivity index (χ2n) is 23.7. The minimum atomic E-state index is -1.67. The number of carboxylic acids is 4. The van der Waals surface area contributed by atoms with E-state index >= 15 is 0 Å². The number of carbonyl (C=O) groups is 14. The summed E-state index contributed by atoms with van der Waals surface area (Å²) in [6.45, 7) is 6.99. The van der Waals surface area contributed by atoms with Crippen LogP contribution in [0.4, 0.5) is 0 Å². The van der Waals surface area contributed by atoms with E-state index in [-0.39, 0.29) is 68.1 Å². The second-order valence-corrected chi connectivity index (χ2v) is 24.0. The largest absolute Gasteiger partial charge is 0.481 e. The van der Waals surface area contributed by atoms with Crippen LogP contribution in [0, 0.1) is 23.7 Å². The highest BCUT2D eigenvalue weighted by atomic mass is 32.1. The van der Waals surface area contributed by atoms with Crippen molar-refractivity contribution in [2.75, 3.05) is 12.3 Å². The second kappa shape index (κ2) is 36.8. The molecule has 2 aliphatic carbocycles. The number of nitrogens with two attached hydrogens (primary N) is 2. The molecule has 0 aromatic heterocycles. The number of primary amides is 1. The minimum absolute atomic E-state index is 0.0405. The highest BCUT2D eigenvalue weighted by Gasteiger charge is 2.42. The molecule has 16 N–H and O–H groups in total. The van der Waals surface area contributed by atoms with Crippen LogP contribution in [-0.4, -0.2) is 181 Å². The molecule has 3 fully saturated rings. The summed E-state index contributed by atoms with van der Waals surface area (Å²) in [5.41, 5.74) is 11.2. The van der Waals surface area contributed by atoms with E-state index in [0.29, 0.717) is 19.3 Å². The first-order chi connectivity index (χ1) is 40.5. The standard InChI is InChI=1S/C56H91N11O18S/c1-29(2)22-36(47(58)76)61-54(83)40(27-46(74)75)64-52(81)39(25-32-14-9-6-10-15-32)65-55(84)42-16-11-21-67(42)56(85)41(28-86)66-53(82)38(24-31-12-7-5-8-13-31)63-50(79)35(18-20-44(70)71)60-51(80)37(23-30(3)4)62-49(78)34(17-19-43(68)69)59-48(77)33(57)26-45(72)73/h29-42,86H,5-28,57H2,1-4H3,(H2,58,76)(H,59,77)(H,60,80)(H,61,83)(H,62,78)(H,63,79)(H,64,81)(H,65,84)(H,66,82)(H,68,69)(H,70,71)(H,72,73)(H,74,75)/t33-,34+,35-,36-,37-,38-,39-,40-,41-,42-/m0/s1. The number of carboxylic acid groups (broad SMARTS) is 4. The molecule has 29 nitrogen and oxygen atoms in total. The Hall–Kier alpha value is -7.11. The fraction of sp³-hybridized carbons (Fsp3) is 0.750. The number of thiol groups is 1. The number of likely N-dealkylation sites (tertiary alicyclic amines) is 1. The van der Waals surface area contributed by atoms with Crippen LogP contribution in [0.2, 0.25) is 0 Å². The monoisotopic (exact) mass is 1240 g/mol. The number of amides is 10. The predicted molar refractivity (Wildman–Crippen MR) is 311 cm³/mol. The summed E-state index contributed by atoms with van der Waals surface area (Å²) >= 11 is 4.39. The van der Waals surface area contributed by atoms with Gasteiger partial charge >= 0.3 is 23.9 Å². The van der Waals surface area contributed by atoms with Gasteiger partial charge in [0.05, 0.1) is 18.9 Å². The van der Waals surface area contributed by atoms with Gasteiger partial charge in [-0.25, -0.2) is 0 Å². The molecule has 3 aliphatic rings. The van der Waals surface area contributed by atoms with E-state index in [9.17, 15) is 82.4 Å². The Bertz CT molecular complexity index is 2400. The van der Waals surface area contributed by atoms with Crippen LogP contribution < -0.4 is 54.0 Å². The zero-order valence-electron chi connectivity index (χ0n) is 49.6. The van der Waals surface area contributed by atoms with Crippen molar-refractivity contribution >= 4 is 95.6 Å². The molecule has 10 atom stereocenters. The molecule has 0 aromatic rings. The van der Waals surface area contributed by atoms with Crippen molar-refractivity contribution in [1.29, 1.82) is 0 Å². The van der Waals surface area contributed by atoms with Gasteiger partial charge < -0.3 is 79.3 Å². The molecule has 0 aromatic carbocycles. The van der Waals surface area contributed by atoms with E-state index in [0.717, 1.165) is 51.4 Å². The minimum Gasteiger partial charge on any atom is -0.481 e. The molecule has 86 heavy (non-hydrogen) atoms. The first kappa shape index (κ1) is 73.1. The predicted octanol–water partition coefficient (Wildman–Crippen LogP) is -0.690. The lowest BCUT2D eigenvalue weighted by Gasteiger charge is -2.32. The summed E-state index contributed by atoms with van der Waals surface area (Å²) in [6, 6.07) is -14.5. The van der Waals surface area contributed by atoms with Crippen LogP contribution >= 0.6 is 12.6 Å². The van der Waals surface area contributed by atoms with Crippen molar-refractivity contribution in [3.63, 3.8) is 0 Å². The lowest BCUT2D eigenvalue weighted by molar-refractivity contribution is -0.143. The van der Waals surface area contributed by atoms with Gasteiger partial charge in [-0.05, 0) is 75.0 Å². The van der Waals surface area contributed by atoms with E-state index < -0.39 is 182 Å². The molecular formula is C56H91N11O18S. The SMILES string of the molecule is CC(C)C[C@H](NC(=O)[C@H](CC(=O)O)NC(=O)[C@H](CC1CCCCC1)NC(=O)[C@@H]1CCCN1C(=O)[C@H](CS)NC(=O)[C@H](CC1CCCCC1)NC(=O)[C@H](CCC(=O)O)NC(=O)[C@H](CC(C)C)NC(=O)[C@@H](CCC(=O)O)NC(=O)[C@@H](N)CC(=O)O)C(N)=O. The van der Waals surface area contributed by atoms with Gasteiger partial charge in [-0.1, -0.05) is 91.9 Å². The van der Waals surface area contributed by atoms with Crippen molar-refractivity contribution in [3.8, 4) is 0 Å². The summed E-state index contributed by atoms with van der Waals surface area (Å²) in [7, 11) is 0. The van der Waals surface area contributed by atoms with Gasteiger partial charge in [-0.15, -0.1) is 0 Å². The smallest absolute Gasteiger partial charge is 0.305 e. The van der Waals surface area contributed by atoms with E-state index in [1.165, 1.54) is 4.90 Å². The zero-order valence-corrected chi connectivity index (χ0v) is 50.5. The van der Waals surface area contributed by atoms with Gasteiger partial charge in [0.15, 0.2) is 0 Å². The average Bonchev–Trinajstić information content (AvgIpc) is 2.41. The molecule has 1 heterocycles. The zero-order chi connectivity index (χ0) is 64.4. The molecule has 1 saturated heterocycles. The lowest BCUT2D eigenvalue weighted by Crippen LogP contribution is -2.61. The number of hydrogen-bond acceptors (Lipinski definition) is 16. The maximum atomic E-state index is 14.5. The Morgan fingerprint density at radius 2 is 0.837 bits per heavy atom. The van der Waals surface area contributed by atoms with Gasteiger partial charge in [-0.3, -0.25) is 67.1 Å². The van der Waals surface area contributed by atoms with Crippen molar-refractivity contribution in [2.45, 2.75) is 229 Å². The van der Waals surface area contributed by atoms with Crippen molar-refractivity contribution < 1.29 is 87.5 Å². The highest BCUT2D eigenvalue weighted by molar-refractivity contribution is 7.80. The van der Waals surface area contributed by atoms with Gasteiger partial charge in [-0.2, -0.15) is 12.6 Å². The van der Waals surface area contributed by atoms with Crippen LogP contribution in [0.5, 0.6) is 0 Å². The number of hydrogen-bond donors (Lipinski definition) is 15. The van der Waals surface area contributed by atoms with Crippen LogP contribution in [0.25, 0.3) is 0 Å². The molecule has 0 spiro atoms. The third-order valence-corrected chi connectivity index (χ3v) is 15.9. The highest BCUT2D eigenvalue weighted by Crippen LogP contribution is 2.30. The number of rotatable bonds is 37.